The molecule has 21 heavy (non-hydrogen) atoms. The van der Waals surface area contributed by atoms with Gasteiger partial charge in [0.1, 0.15) is 11.5 Å². The van der Waals surface area contributed by atoms with Crippen molar-refractivity contribution in [3.8, 4) is 0 Å². The molecule has 2 aromatic heterocycles. The summed E-state index contributed by atoms with van der Waals surface area (Å²) >= 11 is 0. The molecule has 1 aliphatic carbocycles. The first-order valence-electron chi connectivity index (χ1n) is 6.90. The van der Waals surface area contributed by atoms with E-state index in [4.69, 9.17) is 0 Å². The summed E-state index contributed by atoms with van der Waals surface area (Å²) in [7, 11) is 1.96. The van der Waals surface area contributed by atoms with Crippen molar-refractivity contribution in [2.75, 3.05) is 11.9 Å². The number of nitrogens with zero attached hydrogens (tertiary/aromatic N) is 4. The molecule has 0 unspecified atom stereocenters. The molecule has 2 heterocycles. The Morgan fingerprint density at radius 3 is 2.90 bits per heavy atom. The minimum Gasteiger partial charge on any atom is -0.370 e. The molecule has 0 saturated heterocycles. The van der Waals surface area contributed by atoms with E-state index in [-0.39, 0.29) is 5.69 Å². The van der Waals surface area contributed by atoms with Gasteiger partial charge >= 0.3 is 0 Å². The fourth-order valence-corrected chi connectivity index (χ4v) is 2.66. The molecule has 2 atom stereocenters. The number of aryl methyl sites for hydroxylation is 2. The van der Waals surface area contributed by atoms with Crippen LogP contribution in [-0.4, -0.2) is 26.2 Å². The van der Waals surface area contributed by atoms with Gasteiger partial charge in [-0.1, -0.05) is 0 Å². The number of rotatable bonds is 5. The monoisotopic (exact) mass is 287 g/mol. The van der Waals surface area contributed by atoms with Gasteiger partial charge < -0.3 is 5.32 Å². The summed E-state index contributed by atoms with van der Waals surface area (Å²) in [4.78, 5) is 14.6. The van der Waals surface area contributed by atoms with E-state index in [9.17, 15) is 10.1 Å². The molecule has 1 fully saturated rings. The van der Waals surface area contributed by atoms with E-state index in [1.54, 1.807) is 13.0 Å². The van der Waals surface area contributed by atoms with Gasteiger partial charge in [0.25, 0.3) is 5.69 Å². The van der Waals surface area contributed by atoms with Crippen LogP contribution in [0, 0.1) is 23.0 Å². The Bertz CT molecular complexity index is 682. The third-order valence-corrected chi connectivity index (χ3v) is 3.96. The Kier molecular flexibility index (Phi) is 3.32. The zero-order valence-corrected chi connectivity index (χ0v) is 12.0. The van der Waals surface area contributed by atoms with Gasteiger partial charge in [0.05, 0.1) is 4.92 Å². The van der Waals surface area contributed by atoms with Crippen LogP contribution >= 0.6 is 0 Å². The zero-order valence-electron chi connectivity index (χ0n) is 12.0. The second-order valence-corrected chi connectivity index (χ2v) is 5.42. The lowest BCUT2D eigenvalue weighted by Crippen LogP contribution is -2.08. The maximum atomic E-state index is 10.8. The van der Waals surface area contributed by atoms with E-state index >= 15 is 0 Å². The molecule has 1 aliphatic rings. The molecule has 0 aliphatic heterocycles. The summed E-state index contributed by atoms with van der Waals surface area (Å²) < 4.78 is 1.92. The highest BCUT2D eigenvalue weighted by atomic mass is 16.6. The lowest BCUT2D eigenvalue weighted by molar-refractivity contribution is -0.385. The molecule has 0 aromatic carbocycles. The van der Waals surface area contributed by atoms with E-state index < -0.39 is 4.92 Å². The van der Waals surface area contributed by atoms with Crippen molar-refractivity contribution >= 4 is 11.5 Å². The number of hydrogen-bond donors (Lipinski definition) is 1. The standard InChI is InChI=1S/C14H17N5O2/c1-9-12(19(20)21)3-4-14(17-9)15-8-10-7-11(10)13-5-6-16-18(13)2/h3-6,10-11H,7-8H2,1-2H3,(H,15,17)/t10-,11+/m0/s1. The number of anilines is 1. The predicted octanol–water partition coefficient (Wildman–Crippen LogP) is 2.25. The summed E-state index contributed by atoms with van der Waals surface area (Å²) in [5.74, 6) is 1.80. The highest BCUT2D eigenvalue weighted by Gasteiger charge is 2.39. The molecule has 2 aromatic rings. The number of hydrogen-bond acceptors (Lipinski definition) is 5. The highest BCUT2D eigenvalue weighted by Crippen LogP contribution is 2.47. The predicted molar refractivity (Wildman–Crippen MR) is 78.2 cm³/mol. The number of aromatic nitrogens is 3. The second kappa shape index (κ2) is 5.16. The molecule has 0 amide bonds. The van der Waals surface area contributed by atoms with Gasteiger partial charge in [0.15, 0.2) is 0 Å². The summed E-state index contributed by atoms with van der Waals surface area (Å²) in [6.45, 7) is 2.47. The Morgan fingerprint density at radius 2 is 2.29 bits per heavy atom. The minimum absolute atomic E-state index is 0.0553. The van der Waals surface area contributed by atoms with E-state index in [1.165, 1.54) is 11.8 Å². The third-order valence-electron chi connectivity index (χ3n) is 3.96. The quantitative estimate of drug-likeness (QED) is 0.673. The van der Waals surface area contributed by atoms with Gasteiger partial charge in [-0.2, -0.15) is 5.10 Å². The molecule has 110 valence electrons. The first kappa shape index (κ1) is 13.5. The maximum absolute atomic E-state index is 10.8. The largest absolute Gasteiger partial charge is 0.370 e. The van der Waals surface area contributed by atoms with Crippen LogP contribution in [0.2, 0.25) is 0 Å². The van der Waals surface area contributed by atoms with Crippen LogP contribution in [-0.2, 0) is 7.05 Å². The van der Waals surface area contributed by atoms with Crippen LogP contribution in [0.25, 0.3) is 0 Å². The maximum Gasteiger partial charge on any atom is 0.290 e. The molecule has 0 bridgehead atoms. The van der Waals surface area contributed by atoms with Crippen LogP contribution < -0.4 is 5.32 Å². The molecule has 0 spiro atoms. The smallest absolute Gasteiger partial charge is 0.290 e. The fourth-order valence-electron chi connectivity index (χ4n) is 2.66. The van der Waals surface area contributed by atoms with Gasteiger partial charge in [0.2, 0.25) is 0 Å². The SMILES string of the molecule is Cc1nc(NC[C@@H]2C[C@H]2c2ccnn2C)ccc1[N+](=O)[O-]. The molecular formula is C14H17N5O2. The van der Waals surface area contributed by atoms with Crippen LogP contribution in [0.4, 0.5) is 11.5 Å². The first-order chi connectivity index (χ1) is 10.1. The zero-order chi connectivity index (χ0) is 15.0. The minimum atomic E-state index is -0.411. The average Bonchev–Trinajstić information content (AvgIpc) is 3.08. The molecule has 7 heteroatoms. The van der Waals surface area contributed by atoms with Gasteiger partial charge in [-0.05, 0) is 31.4 Å². The third kappa shape index (κ3) is 2.72. The van der Waals surface area contributed by atoms with Crippen LogP contribution in [0.3, 0.4) is 0 Å². The summed E-state index contributed by atoms with van der Waals surface area (Å²) in [5.41, 5.74) is 1.75. The normalized spacial score (nSPS) is 20.3. The fraction of sp³-hybridized carbons (Fsp3) is 0.429. The second-order valence-electron chi connectivity index (χ2n) is 5.42. The topological polar surface area (TPSA) is 85.9 Å². The van der Waals surface area contributed by atoms with Crippen molar-refractivity contribution < 1.29 is 4.92 Å². The van der Waals surface area contributed by atoms with E-state index in [1.807, 2.05) is 17.9 Å². The van der Waals surface area contributed by atoms with Crippen LogP contribution in [0.5, 0.6) is 0 Å². The van der Waals surface area contributed by atoms with Gasteiger partial charge in [-0.3, -0.25) is 14.8 Å². The Hall–Kier alpha value is -2.44. The highest BCUT2D eigenvalue weighted by molar-refractivity contribution is 5.45. The van der Waals surface area contributed by atoms with Crippen molar-refractivity contribution in [3.63, 3.8) is 0 Å². The lowest BCUT2D eigenvalue weighted by Gasteiger charge is -2.06. The van der Waals surface area contributed by atoms with Crippen LogP contribution in [0.15, 0.2) is 24.4 Å². The Morgan fingerprint density at radius 1 is 1.48 bits per heavy atom. The van der Waals surface area contributed by atoms with Gasteiger partial charge in [0, 0.05) is 37.5 Å². The number of nitrogens with one attached hydrogen (secondary N) is 1. The van der Waals surface area contributed by atoms with Crippen molar-refractivity contribution in [3.05, 3.63) is 45.9 Å². The summed E-state index contributed by atoms with van der Waals surface area (Å²) in [5, 5.41) is 18.2. The van der Waals surface area contributed by atoms with Crippen molar-refractivity contribution in [1.29, 1.82) is 0 Å². The lowest BCUT2D eigenvalue weighted by atomic mass is 10.2. The van der Waals surface area contributed by atoms with E-state index in [0.717, 1.165) is 13.0 Å². The van der Waals surface area contributed by atoms with Crippen molar-refractivity contribution in [2.24, 2.45) is 13.0 Å². The summed E-state index contributed by atoms with van der Waals surface area (Å²) in [6.07, 6.45) is 2.96. The molecule has 0 radical (unpaired) electrons. The first-order valence-corrected chi connectivity index (χ1v) is 6.90. The van der Waals surface area contributed by atoms with E-state index in [0.29, 0.717) is 23.3 Å². The molecule has 3 rings (SSSR count). The number of pyridine rings is 1. The number of nitro groups is 1. The Labute approximate surface area is 122 Å². The van der Waals surface area contributed by atoms with Crippen LogP contribution in [0.1, 0.15) is 23.7 Å². The average molecular weight is 287 g/mol. The Balaban J connectivity index is 1.59. The van der Waals surface area contributed by atoms with Crippen molar-refractivity contribution in [1.82, 2.24) is 14.8 Å². The molecule has 7 nitrogen and oxygen atoms in total. The van der Waals surface area contributed by atoms with E-state index in [2.05, 4.69) is 21.5 Å². The summed E-state index contributed by atoms with van der Waals surface area (Å²) in [6, 6.07) is 5.21. The molecule has 1 N–H and O–H groups in total. The molecular weight excluding hydrogens is 270 g/mol. The van der Waals surface area contributed by atoms with Gasteiger partial charge in [-0.25, -0.2) is 4.98 Å². The molecule has 1 saturated carbocycles. The van der Waals surface area contributed by atoms with Crippen molar-refractivity contribution in [2.45, 2.75) is 19.3 Å². The van der Waals surface area contributed by atoms with Gasteiger partial charge in [-0.15, -0.1) is 0 Å².